The molecule has 2 saturated heterocycles. The van der Waals surface area contributed by atoms with Gasteiger partial charge in [-0.25, -0.2) is 0 Å². The summed E-state index contributed by atoms with van der Waals surface area (Å²) in [6.07, 6.45) is 1.35. The molecule has 0 bridgehead atoms. The lowest BCUT2D eigenvalue weighted by Crippen LogP contribution is -2.59. The predicted octanol–water partition coefficient (Wildman–Crippen LogP) is 2.47. The maximum absolute atomic E-state index is 5.53. The van der Waals surface area contributed by atoms with Crippen molar-refractivity contribution in [1.29, 1.82) is 0 Å². The van der Waals surface area contributed by atoms with Crippen LogP contribution in [0.15, 0.2) is 4.52 Å². The average Bonchev–Trinajstić information content (AvgIpc) is 3.01. The van der Waals surface area contributed by atoms with Gasteiger partial charge in [0.05, 0.1) is 18.9 Å². The molecule has 134 valence electrons. The van der Waals surface area contributed by atoms with Gasteiger partial charge in [0.25, 0.3) is 0 Å². The van der Waals surface area contributed by atoms with Crippen LogP contribution in [0.1, 0.15) is 37.3 Å². The molecule has 1 saturated carbocycles. The second-order valence-corrected chi connectivity index (χ2v) is 8.94. The summed E-state index contributed by atoms with van der Waals surface area (Å²) in [5, 5.41) is 4.13. The van der Waals surface area contributed by atoms with E-state index >= 15 is 0 Å². The molecule has 4 rings (SSSR count). The highest BCUT2D eigenvalue weighted by Gasteiger charge is 2.62. The Morgan fingerprint density at radius 3 is 2.54 bits per heavy atom. The highest BCUT2D eigenvalue weighted by Crippen LogP contribution is 2.63. The van der Waals surface area contributed by atoms with Crippen LogP contribution in [0.25, 0.3) is 0 Å². The van der Waals surface area contributed by atoms with E-state index in [1.807, 2.05) is 6.92 Å². The Balaban J connectivity index is 1.48. The van der Waals surface area contributed by atoms with Crippen LogP contribution < -0.4 is 0 Å². The number of ether oxygens (including phenoxy) is 1. The third kappa shape index (κ3) is 2.71. The molecule has 1 aromatic heterocycles. The topological polar surface area (TPSA) is 41.7 Å². The third-order valence-electron chi connectivity index (χ3n) is 6.67. The first-order valence-corrected chi connectivity index (χ1v) is 9.34. The third-order valence-corrected chi connectivity index (χ3v) is 6.67. The number of aryl methyl sites for hydroxylation is 2. The minimum absolute atomic E-state index is 0.472. The van der Waals surface area contributed by atoms with Gasteiger partial charge in [-0.3, -0.25) is 9.80 Å². The summed E-state index contributed by atoms with van der Waals surface area (Å²) in [4.78, 5) is 5.28. The van der Waals surface area contributed by atoms with Crippen molar-refractivity contribution in [3.63, 3.8) is 0 Å². The second kappa shape index (κ2) is 5.82. The van der Waals surface area contributed by atoms with Crippen molar-refractivity contribution >= 4 is 0 Å². The van der Waals surface area contributed by atoms with Crippen molar-refractivity contribution < 1.29 is 9.26 Å². The fourth-order valence-corrected chi connectivity index (χ4v) is 5.72. The molecular formula is C19H31N3O2. The van der Waals surface area contributed by atoms with Gasteiger partial charge in [-0.2, -0.15) is 0 Å². The largest absolute Gasteiger partial charge is 0.379 e. The van der Waals surface area contributed by atoms with Crippen LogP contribution in [0.3, 0.4) is 0 Å². The van der Waals surface area contributed by atoms with Crippen molar-refractivity contribution in [1.82, 2.24) is 15.0 Å². The lowest BCUT2D eigenvalue weighted by atomic mass is 9.48. The zero-order valence-corrected chi connectivity index (χ0v) is 15.6. The number of hydrogen-bond acceptors (Lipinski definition) is 5. The van der Waals surface area contributed by atoms with E-state index in [0.717, 1.165) is 50.2 Å². The fraction of sp³-hybridized carbons (Fsp3) is 0.842. The maximum Gasteiger partial charge on any atom is 0.138 e. The minimum Gasteiger partial charge on any atom is -0.379 e. The van der Waals surface area contributed by atoms with Gasteiger partial charge >= 0.3 is 0 Å². The first kappa shape index (κ1) is 16.6. The van der Waals surface area contributed by atoms with E-state index in [1.165, 1.54) is 31.6 Å². The monoisotopic (exact) mass is 333 g/mol. The fourth-order valence-electron chi connectivity index (χ4n) is 5.72. The first-order chi connectivity index (χ1) is 11.4. The van der Waals surface area contributed by atoms with Crippen molar-refractivity contribution in [2.24, 2.45) is 16.7 Å². The van der Waals surface area contributed by atoms with Gasteiger partial charge in [-0.05, 0) is 31.6 Å². The first-order valence-electron chi connectivity index (χ1n) is 9.34. The molecule has 3 fully saturated rings. The summed E-state index contributed by atoms with van der Waals surface area (Å²) < 4.78 is 10.9. The molecule has 1 aromatic rings. The summed E-state index contributed by atoms with van der Waals surface area (Å²) >= 11 is 0. The highest BCUT2D eigenvalue weighted by molar-refractivity contribution is 5.22. The van der Waals surface area contributed by atoms with E-state index in [4.69, 9.17) is 9.26 Å². The van der Waals surface area contributed by atoms with Gasteiger partial charge in [0.15, 0.2) is 0 Å². The van der Waals surface area contributed by atoms with E-state index < -0.39 is 0 Å². The molecule has 3 aliphatic rings. The second-order valence-electron chi connectivity index (χ2n) is 8.94. The lowest BCUT2D eigenvalue weighted by Gasteiger charge is -2.58. The Bertz CT molecular complexity index is 586. The molecule has 0 aromatic carbocycles. The number of nitrogens with zero attached hydrogens (tertiary/aromatic N) is 3. The number of morpholine rings is 1. The van der Waals surface area contributed by atoms with Crippen LogP contribution in [0, 0.1) is 30.6 Å². The normalized spacial score (nSPS) is 33.4. The SMILES string of the molecule is Cc1noc(C)c1CN1C[C@@H]2C(C)(C)C[C@]2(CN2CCOCC2)C1. The smallest absolute Gasteiger partial charge is 0.138 e. The molecule has 5 heteroatoms. The maximum atomic E-state index is 5.53. The zero-order valence-electron chi connectivity index (χ0n) is 15.6. The molecule has 24 heavy (non-hydrogen) atoms. The Morgan fingerprint density at radius 2 is 1.92 bits per heavy atom. The number of aromatic nitrogens is 1. The van der Waals surface area contributed by atoms with Crippen LogP contribution in [0.2, 0.25) is 0 Å². The van der Waals surface area contributed by atoms with Gasteiger partial charge in [0, 0.05) is 50.2 Å². The average molecular weight is 333 g/mol. The molecule has 0 N–H and O–H groups in total. The Hall–Kier alpha value is -0.910. The minimum atomic E-state index is 0.472. The molecule has 0 amide bonds. The number of rotatable bonds is 4. The molecule has 2 atom stereocenters. The van der Waals surface area contributed by atoms with Gasteiger partial charge in [-0.15, -0.1) is 0 Å². The van der Waals surface area contributed by atoms with Crippen LogP contribution in [-0.2, 0) is 11.3 Å². The summed E-state index contributed by atoms with van der Waals surface area (Å²) in [7, 11) is 0. The Morgan fingerprint density at radius 1 is 1.17 bits per heavy atom. The van der Waals surface area contributed by atoms with Crippen LogP contribution >= 0.6 is 0 Å². The van der Waals surface area contributed by atoms with Gasteiger partial charge in [0.1, 0.15) is 5.76 Å². The molecule has 0 radical (unpaired) electrons. The van der Waals surface area contributed by atoms with Crippen LogP contribution in [0.4, 0.5) is 0 Å². The molecule has 0 spiro atoms. The summed E-state index contributed by atoms with van der Waals surface area (Å²) in [6, 6.07) is 0. The van der Waals surface area contributed by atoms with Crippen molar-refractivity contribution in [2.75, 3.05) is 45.9 Å². The molecule has 2 aliphatic heterocycles. The standard InChI is InChI=1S/C19H31N3O2/c1-14-16(15(2)24-20-14)9-22-10-17-18(3,4)11-19(17,13-22)12-21-5-7-23-8-6-21/h17H,5-13H2,1-4H3/t17-,19+/m1/s1. The molecule has 5 nitrogen and oxygen atoms in total. The molecule has 1 aliphatic carbocycles. The predicted molar refractivity (Wildman–Crippen MR) is 92.8 cm³/mol. The number of hydrogen-bond donors (Lipinski definition) is 0. The van der Waals surface area contributed by atoms with Crippen molar-refractivity contribution in [2.45, 2.75) is 40.7 Å². The summed E-state index contributed by atoms with van der Waals surface area (Å²) in [6.45, 7) is 17.6. The van der Waals surface area contributed by atoms with Crippen molar-refractivity contribution in [3.05, 3.63) is 17.0 Å². The van der Waals surface area contributed by atoms with Crippen LogP contribution in [-0.4, -0.2) is 60.9 Å². The molecular weight excluding hydrogens is 302 g/mol. The van der Waals surface area contributed by atoms with E-state index in [2.05, 4.69) is 35.7 Å². The van der Waals surface area contributed by atoms with E-state index in [9.17, 15) is 0 Å². The van der Waals surface area contributed by atoms with Crippen LogP contribution in [0.5, 0.6) is 0 Å². The quantitative estimate of drug-likeness (QED) is 0.847. The Kier molecular flexibility index (Phi) is 4.01. The summed E-state index contributed by atoms with van der Waals surface area (Å²) in [5.74, 6) is 1.78. The van der Waals surface area contributed by atoms with Crippen molar-refractivity contribution in [3.8, 4) is 0 Å². The number of fused-ring (bicyclic) bond motifs is 1. The highest BCUT2D eigenvalue weighted by atomic mass is 16.5. The zero-order chi connectivity index (χ0) is 16.9. The lowest BCUT2D eigenvalue weighted by molar-refractivity contribution is -0.0966. The summed E-state index contributed by atoms with van der Waals surface area (Å²) in [5.41, 5.74) is 3.28. The van der Waals surface area contributed by atoms with Gasteiger partial charge < -0.3 is 9.26 Å². The number of likely N-dealkylation sites (tertiary alicyclic amines) is 1. The Labute approximate surface area is 145 Å². The molecule has 0 unspecified atom stereocenters. The van der Waals surface area contributed by atoms with E-state index in [1.54, 1.807) is 0 Å². The van der Waals surface area contributed by atoms with E-state index in [0.29, 0.717) is 10.8 Å². The van der Waals surface area contributed by atoms with E-state index in [-0.39, 0.29) is 0 Å². The van der Waals surface area contributed by atoms with Gasteiger partial charge in [-0.1, -0.05) is 19.0 Å². The molecule has 3 heterocycles. The van der Waals surface area contributed by atoms with Gasteiger partial charge in [0.2, 0.25) is 0 Å².